The van der Waals surface area contributed by atoms with Crippen molar-refractivity contribution < 1.29 is 17.9 Å². The maximum absolute atomic E-state index is 12.7. The fourth-order valence-electron chi connectivity index (χ4n) is 2.97. The maximum atomic E-state index is 12.7. The van der Waals surface area contributed by atoms with Gasteiger partial charge < -0.3 is 10.1 Å². The molecule has 1 atom stereocenters. The number of aryl methyl sites for hydroxylation is 1. The van der Waals surface area contributed by atoms with Crippen molar-refractivity contribution in [1.29, 1.82) is 0 Å². The molecular formula is C20H24Cl2N2O4S. The van der Waals surface area contributed by atoms with E-state index in [1.54, 1.807) is 13.2 Å². The second-order valence-electron chi connectivity index (χ2n) is 6.62. The van der Waals surface area contributed by atoms with Crippen molar-refractivity contribution in [2.24, 2.45) is 0 Å². The zero-order valence-electron chi connectivity index (χ0n) is 16.7. The number of rotatable bonds is 8. The van der Waals surface area contributed by atoms with Gasteiger partial charge in [-0.1, -0.05) is 42.3 Å². The number of methoxy groups -OCH3 is 1. The lowest BCUT2D eigenvalue weighted by atomic mass is 10.0. The summed E-state index contributed by atoms with van der Waals surface area (Å²) in [6.07, 6.45) is 1.65. The van der Waals surface area contributed by atoms with Crippen molar-refractivity contribution in [2.75, 3.05) is 24.2 Å². The SMILES string of the molecule is CC[C@@H](NC(=O)CN(c1cc(Cl)ccc1Cl)S(C)(=O)=O)c1ccc(OC)c(C)c1. The van der Waals surface area contributed by atoms with Gasteiger partial charge in [0.25, 0.3) is 0 Å². The Bertz CT molecular complexity index is 996. The monoisotopic (exact) mass is 458 g/mol. The topological polar surface area (TPSA) is 75.7 Å². The van der Waals surface area contributed by atoms with E-state index in [1.165, 1.54) is 12.1 Å². The van der Waals surface area contributed by atoms with Crippen molar-refractivity contribution in [2.45, 2.75) is 26.3 Å². The maximum Gasteiger partial charge on any atom is 0.241 e. The number of sulfonamides is 1. The number of halogens is 2. The number of hydrogen-bond donors (Lipinski definition) is 1. The minimum absolute atomic E-state index is 0.158. The highest BCUT2D eigenvalue weighted by molar-refractivity contribution is 7.92. The van der Waals surface area contributed by atoms with Crippen LogP contribution in [0.15, 0.2) is 36.4 Å². The Labute approximate surface area is 181 Å². The first-order valence-electron chi connectivity index (χ1n) is 8.93. The molecule has 6 nitrogen and oxygen atoms in total. The van der Waals surface area contributed by atoms with Crippen LogP contribution >= 0.6 is 23.2 Å². The van der Waals surface area contributed by atoms with E-state index in [2.05, 4.69) is 5.32 Å². The molecule has 0 saturated carbocycles. The number of hydrogen-bond acceptors (Lipinski definition) is 4. The minimum atomic E-state index is -3.76. The van der Waals surface area contributed by atoms with Crippen LogP contribution in [-0.4, -0.2) is 34.2 Å². The molecule has 29 heavy (non-hydrogen) atoms. The smallest absolute Gasteiger partial charge is 0.241 e. The van der Waals surface area contributed by atoms with Gasteiger partial charge in [-0.05, 0) is 48.7 Å². The molecule has 9 heteroatoms. The average molecular weight is 459 g/mol. The largest absolute Gasteiger partial charge is 0.496 e. The molecule has 0 aliphatic carbocycles. The summed E-state index contributed by atoms with van der Waals surface area (Å²) in [6.45, 7) is 3.45. The Hall–Kier alpha value is -1.96. The van der Waals surface area contributed by atoms with E-state index >= 15 is 0 Å². The first-order valence-corrected chi connectivity index (χ1v) is 11.5. The minimum Gasteiger partial charge on any atom is -0.496 e. The highest BCUT2D eigenvalue weighted by Crippen LogP contribution is 2.31. The molecule has 2 rings (SSSR count). The number of carbonyl (C=O) groups is 1. The summed E-state index contributed by atoms with van der Waals surface area (Å²) in [5.74, 6) is 0.306. The third kappa shape index (κ3) is 6.01. The quantitative estimate of drug-likeness (QED) is 0.637. The lowest BCUT2D eigenvalue weighted by Gasteiger charge is -2.25. The van der Waals surface area contributed by atoms with E-state index < -0.39 is 22.5 Å². The number of carbonyl (C=O) groups excluding carboxylic acids is 1. The summed E-state index contributed by atoms with van der Waals surface area (Å²) in [7, 11) is -2.16. The van der Waals surface area contributed by atoms with Crippen LogP contribution in [0, 0.1) is 6.92 Å². The molecule has 2 aromatic carbocycles. The van der Waals surface area contributed by atoms with E-state index in [-0.39, 0.29) is 16.8 Å². The summed E-state index contributed by atoms with van der Waals surface area (Å²) in [5, 5.41) is 3.40. The fourth-order valence-corrected chi connectivity index (χ4v) is 4.26. The summed E-state index contributed by atoms with van der Waals surface area (Å²) in [4.78, 5) is 12.7. The molecule has 0 saturated heterocycles. The molecule has 0 aliphatic rings. The fraction of sp³-hybridized carbons (Fsp3) is 0.350. The molecule has 0 spiro atoms. The lowest BCUT2D eigenvalue weighted by molar-refractivity contribution is -0.120. The van der Waals surface area contributed by atoms with Gasteiger partial charge in [0.05, 0.1) is 30.1 Å². The zero-order chi connectivity index (χ0) is 21.8. The van der Waals surface area contributed by atoms with Crippen LogP contribution < -0.4 is 14.4 Å². The number of benzene rings is 2. The van der Waals surface area contributed by atoms with Gasteiger partial charge in [-0.3, -0.25) is 9.10 Å². The number of nitrogens with one attached hydrogen (secondary N) is 1. The molecule has 1 amide bonds. The van der Waals surface area contributed by atoms with Gasteiger partial charge in [-0.15, -0.1) is 0 Å². The first kappa shape index (κ1) is 23.3. The third-order valence-electron chi connectivity index (χ3n) is 4.43. The van der Waals surface area contributed by atoms with Crippen LogP contribution in [-0.2, 0) is 14.8 Å². The Morgan fingerprint density at radius 2 is 1.90 bits per heavy atom. The Morgan fingerprint density at radius 1 is 1.21 bits per heavy atom. The van der Waals surface area contributed by atoms with Crippen LogP contribution in [0.25, 0.3) is 0 Å². The van der Waals surface area contributed by atoms with Gasteiger partial charge in [0.15, 0.2) is 0 Å². The molecule has 1 N–H and O–H groups in total. The van der Waals surface area contributed by atoms with Gasteiger partial charge in [-0.25, -0.2) is 8.42 Å². The third-order valence-corrected chi connectivity index (χ3v) is 6.11. The molecule has 0 fully saturated rings. The Morgan fingerprint density at radius 3 is 2.45 bits per heavy atom. The van der Waals surface area contributed by atoms with Crippen LogP contribution in [0.5, 0.6) is 5.75 Å². The summed E-state index contributed by atoms with van der Waals surface area (Å²) < 4.78 is 30.8. The van der Waals surface area contributed by atoms with E-state index in [9.17, 15) is 13.2 Å². The second-order valence-corrected chi connectivity index (χ2v) is 9.37. The van der Waals surface area contributed by atoms with E-state index in [4.69, 9.17) is 27.9 Å². The highest BCUT2D eigenvalue weighted by atomic mass is 35.5. The summed E-state index contributed by atoms with van der Waals surface area (Å²) >= 11 is 12.1. The molecule has 0 unspecified atom stereocenters. The van der Waals surface area contributed by atoms with Crippen LogP contribution in [0.1, 0.15) is 30.5 Å². The zero-order valence-corrected chi connectivity index (χ0v) is 19.0. The number of nitrogens with zero attached hydrogens (tertiary/aromatic N) is 1. The molecule has 158 valence electrons. The second kappa shape index (κ2) is 9.69. The Balaban J connectivity index is 2.25. The van der Waals surface area contributed by atoms with E-state index in [0.29, 0.717) is 11.4 Å². The van der Waals surface area contributed by atoms with Crippen molar-refractivity contribution in [3.05, 3.63) is 57.6 Å². The molecule has 0 aromatic heterocycles. The van der Waals surface area contributed by atoms with Crippen molar-refractivity contribution >= 4 is 44.8 Å². The molecule has 0 bridgehead atoms. The van der Waals surface area contributed by atoms with Gasteiger partial charge in [-0.2, -0.15) is 0 Å². The molecule has 0 radical (unpaired) electrons. The first-order chi connectivity index (χ1) is 13.6. The van der Waals surface area contributed by atoms with Crippen LogP contribution in [0.2, 0.25) is 10.0 Å². The van der Waals surface area contributed by atoms with E-state index in [1.807, 2.05) is 32.0 Å². The van der Waals surface area contributed by atoms with Crippen LogP contribution in [0.4, 0.5) is 5.69 Å². The normalized spacial score (nSPS) is 12.3. The highest BCUT2D eigenvalue weighted by Gasteiger charge is 2.24. The standard InChI is InChI=1S/C20H24Cl2N2O4S/c1-5-17(14-6-9-19(28-3)13(2)10-14)23-20(25)12-24(29(4,26)27)18-11-15(21)7-8-16(18)22/h6-11,17H,5,12H2,1-4H3,(H,23,25)/t17-/m1/s1. The summed E-state index contributed by atoms with van der Waals surface area (Å²) in [6, 6.07) is 9.84. The van der Waals surface area contributed by atoms with Gasteiger partial charge in [0.2, 0.25) is 15.9 Å². The molecular weight excluding hydrogens is 435 g/mol. The Kier molecular flexibility index (Phi) is 7.80. The molecule has 0 heterocycles. The molecule has 0 aliphatic heterocycles. The van der Waals surface area contributed by atoms with Crippen molar-refractivity contribution in [3.63, 3.8) is 0 Å². The van der Waals surface area contributed by atoms with Crippen molar-refractivity contribution in [1.82, 2.24) is 5.32 Å². The predicted octanol–water partition coefficient (Wildman–Crippen LogP) is 4.34. The molecule has 2 aromatic rings. The number of ether oxygens (including phenoxy) is 1. The van der Waals surface area contributed by atoms with E-state index in [0.717, 1.165) is 27.4 Å². The van der Waals surface area contributed by atoms with Crippen molar-refractivity contribution in [3.8, 4) is 5.75 Å². The lowest BCUT2D eigenvalue weighted by Crippen LogP contribution is -2.41. The summed E-state index contributed by atoms with van der Waals surface area (Å²) in [5.41, 5.74) is 2.01. The number of amides is 1. The number of anilines is 1. The van der Waals surface area contributed by atoms with Gasteiger partial charge in [0.1, 0.15) is 12.3 Å². The van der Waals surface area contributed by atoms with Gasteiger partial charge >= 0.3 is 0 Å². The van der Waals surface area contributed by atoms with Gasteiger partial charge in [0, 0.05) is 5.02 Å². The average Bonchev–Trinajstić information content (AvgIpc) is 2.65. The van der Waals surface area contributed by atoms with Crippen LogP contribution in [0.3, 0.4) is 0 Å². The predicted molar refractivity (Wildman–Crippen MR) is 118 cm³/mol.